The van der Waals surface area contributed by atoms with Gasteiger partial charge >= 0.3 is 0 Å². The lowest BCUT2D eigenvalue weighted by Gasteiger charge is -2.08. The summed E-state index contributed by atoms with van der Waals surface area (Å²) in [6.07, 6.45) is -0.0115. The first kappa shape index (κ1) is 15.6. The molecule has 0 aliphatic carbocycles. The quantitative estimate of drug-likeness (QED) is 0.763. The second kappa shape index (κ2) is 6.45. The van der Waals surface area contributed by atoms with E-state index in [-0.39, 0.29) is 11.9 Å². The second-order valence-electron chi connectivity index (χ2n) is 5.27. The molecule has 1 aliphatic rings. The molecule has 5 nitrogen and oxygen atoms in total. The minimum absolute atomic E-state index is 0.146. The first-order chi connectivity index (χ1) is 10.5. The van der Waals surface area contributed by atoms with Crippen molar-refractivity contribution < 1.29 is 9.90 Å². The normalized spacial score (nSPS) is 21.0. The number of carbonyl (C=O) groups excluding carboxylic acids is 1. The van der Waals surface area contributed by atoms with Crippen molar-refractivity contribution in [1.29, 1.82) is 0 Å². The maximum Gasteiger partial charge on any atom is 0.243 e. The number of aryl methyl sites for hydroxylation is 1. The third-order valence-electron chi connectivity index (χ3n) is 3.57. The molecular weight excluding hydrogens is 366 g/mol. The van der Waals surface area contributed by atoms with Crippen LogP contribution in [0, 0.1) is 6.92 Å². The van der Waals surface area contributed by atoms with Gasteiger partial charge in [-0.3, -0.25) is 4.79 Å². The van der Waals surface area contributed by atoms with E-state index in [0.717, 1.165) is 20.6 Å². The Morgan fingerprint density at radius 1 is 1.45 bits per heavy atom. The van der Waals surface area contributed by atoms with Gasteiger partial charge in [-0.05, 0) is 25.5 Å². The van der Waals surface area contributed by atoms with E-state index in [2.05, 4.69) is 31.5 Å². The minimum atomic E-state index is -0.452. The van der Waals surface area contributed by atoms with Gasteiger partial charge < -0.3 is 15.7 Å². The number of aromatic nitrogens is 1. The van der Waals surface area contributed by atoms with Crippen molar-refractivity contribution in [2.75, 3.05) is 11.9 Å². The van der Waals surface area contributed by atoms with Crippen LogP contribution < -0.4 is 10.6 Å². The van der Waals surface area contributed by atoms with E-state index in [4.69, 9.17) is 0 Å². The van der Waals surface area contributed by atoms with Crippen molar-refractivity contribution in [3.05, 3.63) is 33.6 Å². The lowest BCUT2D eigenvalue weighted by Crippen LogP contribution is -2.35. The molecule has 0 radical (unpaired) electrons. The van der Waals surface area contributed by atoms with Crippen LogP contribution in [0.3, 0.4) is 0 Å². The average Bonchev–Trinajstić information content (AvgIpc) is 3.06. The number of halogens is 1. The molecule has 22 heavy (non-hydrogen) atoms. The first-order valence-corrected chi connectivity index (χ1v) is 8.59. The van der Waals surface area contributed by atoms with E-state index in [1.54, 1.807) is 0 Å². The third kappa shape index (κ3) is 3.38. The van der Waals surface area contributed by atoms with Gasteiger partial charge in [-0.15, -0.1) is 11.3 Å². The van der Waals surface area contributed by atoms with Gasteiger partial charge in [0.25, 0.3) is 0 Å². The van der Waals surface area contributed by atoms with Gasteiger partial charge in [0.15, 0.2) is 5.13 Å². The van der Waals surface area contributed by atoms with Gasteiger partial charge in [0, 0.05) is 21.5 Å². The molecule has 0 bridgehead atoms. The van der Waals surface area contributed by atoms with Crippen molar-refractivity contribution >= 4 is 38.3 Å². The molecular formula is C15H16BrN3O2S. The Balaban J connectivity index is 1.75. The Hall–Kier alpha value is -1.28. The van der Waals surface area contributed by atoms with Gasteiger partial charge in [-0.1, -0.05) is 28.1 Å². The van der Waals surface area contributed by atoms with Crippen molar-refractivity contribution in [2.24, 2.45) is 0 Å². The number of rotatable bonds is 3. The van der Waals surface area contributed by atoms with Crippen LogP contribution in [0.4, 0.5) is 5.13 Å². The number of benzene rings is 1. The summed E-state index contributed by atoms with van der Waals surface area (Å²) < 4.78 is 1.02. The van der Waals surface area contributed by atoms with E-state index >= 15 is 0 Å². The molecule has 0 unspecified atom stereocenters. The predicted octanol–water partition coefficient (Wildman–Crippen LogP) is 2.54. The minimum Gasteiger partial charge on any atom is -0.392 e. The third-order valence-corrected chi connectivity index (χ3v) is 4.98. The highest BCUT2D eigenvalue weighted by Crippen LogP contribution is 2.31. The molecule has 3 N–H and O–H groups in total. The number of carbonyl (C=O) groups is 1. The fourth-order valence-electron chi connectivity index (χ4n) is 2.43. The van der Waals surface area contributed by atoms with Gasteiger partial charge in [-0.2, -0.15) is 0 Å². The number of hydrogen-bond donors (Lipinski definition) is 3. The van der Waals surface area contributed by atoms with Crippen LogP contribution in [-0.4, -0.2) is 34.7 Å². The summed E-state index contributed by atoms with van der Waals surface area (Å²) in [7, 11) is 0. The Morgan fingerprint density at radius 2 is 2.18 bits per heavy atom. The van der Waals surface area contributed by atoms with Crippen molar-refractivity contribution in [3.63, 3.8) is 0 Å². The van der Waals surface area contributed by atoms with Gasteiger partial charge in [0.2, 0.25) is 5.91 Å². The van der Waals surface area contributed by atoms with Crippen molar-refractivity contribution in [1.82, 2.24) is 10.3 Å². The van der Waals surface area contributed by atoms with Crippen LogP contribution in [0.2, 0.25) is 0 Å². The van der Waals surface area contributed by atoms with Gasteiger partial charge in [-0.25, -0.2) is 4.98 Å². The summed E-state index contributed by atoms with van der Waals surface area (Å²) in [5, 5.41) is 15.9. The zero-order valence-corrected chi connectivity index (χ0v) is 14.4. The standard InChI is InChI=1S/C15H16BrN3O2S/c1-8-13(9-2-4-10(16)5-3-9)18-15(22-8)19-14(21)12-6-11(20)7-17-12/h2-5,11-12,17,20H,6-7H2,1H3,(H,18,19,21)/t11-,12-/m1/s1. The Morgan fingerprint density at radius 3 is 2.82 bits per heavy atom. The van der Waals surface area contributed by atoms with Crippen LogP contribution in [0.15, 0.2) is 28.7 Å². The molecule has 116 valence electrons. The number of aliphatic hydroxyl groups excluding tert-OH is 1. The zero-order valence-electron chi connectivity index (χ0n) is 12.0. The van der Waals surface area contributed by atoms with E-state index in [9.17, 15) is 9.90 Å². The number of anilines is 1. The Labute approximate surface area is 140 Å². The van der Waals surface area contributed by atoms with Crippen LogP contribution in [0.1, 0.15) is 11.3 Å². The smallest absolute Gasteiger partial charge is 0.243 e. The van der Waals surface area contributed by atoms with E-state index < -0.39 is 6.10 Å². The largest absolute Gasteiger partial charge is 0.392 e. The molecule has 1 aromatic heterocycles. The fourth-order valence-corrected chi connectivity index (χ4v) is 3.54. The summed E-state index contributed by atoms with van der Waals surface area (Å²) in [6, 6.07) is 7.57. The number of nitrogens with zero attached hydrogens (tertiary/aromatic N) is 1. The number of β-amino-alcohol motifs (C(OH)–C–C–N with tert-alkyl or cyclic N) is 1. The fraction of sp³-hybridized carbons (Fsp3) is 0.333. The highest BCUT2D eigenvalue weighted by atomic mass is 79.9. The van der Waals surface area contributed by atoms with E-state index in [0.29, 0.717) is 18.1 Å². The zero-order chi connectivity index (χ0) is 15.7. The molecule has 0 saturated carbocycles. The highest BCUT2D eigenvalue weighted by Gasteiger charge is 2.28. The molecule has 2 heterocycles. The molecule has 1 fully saturated rings. The van der Waals surface area contributed by atoms with Gasteiger partial charge in [0.1, 0.15) is 0 Å². The van der Waals surface area contributed by atoms with Crippen LogP contribution in [0.5, 0.6) is 0 Å². The Bertz CT molecular complexity index is 687. The molecule has 7 heteroatoms. The molecule has 2 aromatic rings. The monoisotopic (exact) mass is 381 g/mol. The van der Waals surface area contributed by atoms with Gasteiger partial charge in [0.05, 0.1) is 17.8 Å². The van der Waals surface area contributed by atoms with Crippen LogP contribution >= 0.6 is 27.3 Å². The first-order valence-electron chi connectivity index (χ1n) is 6.98. The number of aliphatic hydroxyl groups is 1. The highest BCUT2D eigenvalue weighted by molar-refractivity contribution is 9.10. The molecule has 1 aromatic carbocycles. The SMILES string of the molecule is Cc1sc(NC(=O)[C@H]2C[C@@H](O)CN2)nc1-c1ccc(Br)cc1. The van der Waals surface area contributed by atoms with Crippen LogP contribution in [0.25, 0.3) is 11.3 Å². The molecule has 1 amide bonds. The maximum atomic E-state index is 12.1. The predicted molar refractivity (Wildman–Crippen MR) is 91.0 cm³/mol. The summed E-state index contributed by atoms with van der Waals surface area (Å²) in [5.74, 6) is -0.146. The van der Waals surface area contributed by atoms with Crippen LogP contribution in [-0.2, 0) is 4.79 Å². The summed E-state index contributed by atoms with van der Waals surface area (Å²) >= 11 is 4.87. The lowest BCUT2D eigenvalue weighted by molar-refractivity contribution is -0.117. The topological polar surface area (TPSA) is 74.2 Å². The molecule has 1 saturated heterocycles. The molecule has 3 rings (SSSR count). The number of hydrogen-bond acceptors (Lipinski definition) is 5. The second-order valence-corrected chi connectivity index (χ2v) is 7.39. The average molecular weight is 382 g/mol. The summed E-state index contributed by atoms with van der Waals surface area (Å²) in [4.78, 5) is 17.7. The van der Waals surface area contributed by atoms with Crippen molar-refractivity contribution in [2.45, 2.75) is 25.5 Å². The summed E-state index contributed by atoms with van der Waals surface area (Å²) in [5.41, 5.74) is 1.90. The number of nitrogens with one attached hydrogen (secondary N) is 2. The Kier molecular flexibility index (Phi) is 4.58. The molecule has 1 aliphatic heterocycles. The number of thiazole rings is 1. The van der Waals surface area contributed by atoms with E-state index in [1.807, 2.05) is 31.2 Å². The number of amides is 1. The maximum absolute atomic E-state index is 12.1. The lowest BCUT2D eigenvalue weighted by atomic mass is 10.1. The molecule has 2 atom stereocenters. The van der Waals surface area contributed by atoms with Crippen molar-refractivity contribution in [3.8, 4) is 11.3 Å². The van der Waals surface area contributed by atoms with E-state index in [1.165, 1.54) is 11.3 Å². The summed E-state index contributed by atoms with van der Waals surface area (Å²) in [6.45, 7) is 2.45. The molecule has 0 spiro atoms.